The second kappa shape index (κ2) is 5.43. The number of benzene rings is 1. The molecule has 5 heteroatoms. The topological polar surface area (TPSA) is 72.2 Å². The minimum absolute atomic E-state index is 0.251. The minimum atomic E-state index is -0.703. The molecule has 1 aromatic rings. The van der Waals surface area contributed by atoms with E-state index in [9.17, 15) is 14.9 Å². The van der Waals surface area contributed by atoms with Gasteiger partial charge in [-0.05, 0) is 24.0 Å². The summed E-state index contributed by atoms with van der Waals surface area (Å²) >= 11 is 0. The van der Waals surface area contributed by atoms with Crippen LogP contribution in [0.3, 0.4) is 0 Å². The summed E-state index contributed by atoms with van der Waals surface area (Å²) in [7, 11) is 0. The van der Waals surface area contributed by atoms with Crippen molar-refractivity contribution in [3.8, 4) is 0 Å². The maximum absolute atomic E-state index is 11.4. The lowest BCUT2D eigenvalue weighted by Crippen LogP contribution is -2.23. The van der Waals surface area contributed by atoms with Gasteiger partial charge in [-0.25, -0.2) is 0 Å². The monoisotopic (exact) mass is 236 g/mol. The smallest absolute Gasteiger partial charge is 0.296 e. The van der Waals surface area contributed by atoms with Gasteiger partial charge in [-0.2, -0.15) is 0 Å². The lowest BCUT2D eigenvalue weighted by molar-refractivity contribution is -0.467. The molecule has 0 heterocycles. The Labute approximate surface area is 100.0 Å². The average molecular weight is 236 g/mol. The van der Waals surface area contributed by atoms with Crippen LogP contribution in [-0.2, 0) is 4.79 Å². The highest BCUT2D eigenvalue weighted by Crippen LogP contribution is 2.27. The Balaban J connectivity index is 2.96. The van der Waals surface area contributed by atoms with Crippen molar-refractivity contribution in [2.45, 2.75) is 26.7 Å². The molecule has 0 bridgehead atoms. The quantitative estimate of drug-likeness (QED) is 0.644. The first-order valence-electron chi connectivity index (χ1n) is 5.43. The van der Waals surface area contributed by atoms with E-state index in [0.29, 0.717) is 5.69 Å². The lowest BCUT2D eigenvalue weighted by Gasteiger charge is -2.15. The minimum Gasteiger partial charge on any atom is -0.320 e. The van der Waals surface area contributed by atoms with Gasteiger partial charge in [0.25, 0.3) is 12.5 Å². The van der Waals surface area contributed by atoms with Crippen molar-refractivity contribution in [3.63, 3.8) is 0 Å². The van der Waals surface area contributed by atoms with Crippen LogP contribution in [0.25, 0.3) is 0 Å². The number of nitrogens with zero attached hydrogens (tertiary/aromatic N) is 1. The maximum atomic E-state index is 11.4. The summed E-state index contributed by atoms with van der Waals surface area (Å²) < 4.78 is 0. The SMILES string of the molecule is Cc1cccc(C(C)C)c1NC(=O)C[N+](=O)[O-]. The molecule has 0 aliphatic rings. The molecule has 0 aliphatic carbocycles. The number of anilines is 1. The number of aryl methyl sites for hydroxylation is 1. The van der Waals surface area contributed by atoms with Crippen molar-refractivity contribution in [3.05, 3.63) is 39.4 Å². The molecule has 0 spiro atoms. The average Bonchev–Trinajstić information content (AvgIpc) is 2.19. The maximum Gasteiger partial charge on any atom is 0.296 e. The second-order valence-corrected chi connectivity index (χ2v) is 4.23. The van der Waals surface area contributed by atoms with Gasteiger partial charge < -0.3 is 5.32 Å². The molecule has 1 amide bonds. The van der Waals surface area contributed by atoms with Crippen LogP contribution >= 0.6 is 0 Å². The molecule has 5 nitrogen and oxygen atoms in total. The Hall–Kier alpha value is -1.91. The highest BCUT2D eigenvalue weighted by molar-refractivity contribution is 5.93. The number of amides is 1. The van der Waals surface area contributed by atoms with E-state index >= 15 is 0 Å². The van der Waals surface area contributed by atoms with Crippen molar-refractivity contribution < 1.29 is 9.72 Å². The van der Waals surface area contributed by atoms with E-state index in [0.717, 1.165) is 11.1 Å². The van der Waals surface area contributed by atoms with Crippen LogP contribution in [0.15, 0.2) is 18.2 Å². The summed E-state index contributed by atoms with van der Waals surface area (Å²) in [6, 6.07) is 5.70. The molecule has 0 unspecified atom stereocenters. The normalized spacial score (nSPS) is 10.4. The van der Waals surface area contributed by atoms with Crippen LogP contribution in [0.5, 0.6) is 0 Å². The molecule has 0 atom stereocenters. The van der Waals surface area contributed by atoms with E-state index in [4.69, 9.17) is 0 Å². The third-order valence-electron chi connectivity index (χ3n) is 2.46. The van der Waals surface area contributed by atoms with Crippen LogP contribution in [0, 0.1) is 17.0 Å². The van der Waals surface area contributed by atoms with Gasteiger partial charge in [0.05, 0.1) is 0 Å². The van der Waals surface area contributed by atoms with E-state index in [1.807, 2.05) is 39.0 Å². The molecule has 1 aromatic carbocycles. The molecule has 1 rings (SSSR count). The van der Waals surface area contributed by atoms with Crippen LogP contribution < -0.4 is 5.32 Å². The number of nitro groups is 1. The molecule has 92 valence electrons. The summed E-state index contributed by atoms with van der Waals surface area (Å²) in [4.78, 5) is 21.0. The summed E-state index contributed by atoms with van der Waals surface area (Å²) in [5, 5.41) is 12.9. The Morgan fingerprint density at radius 2 is 2.12 bits per heavy atom. The molecular formula is C12H16N2O3. The van der Waals surface area contributed by atoms with E-state index in [1.165, 1.54) is 0 Å². The third-order valence-corrected chi connectivity index (χ3v) is 2.46. The van der Waals surface area contributed by atoms with Crippen LogP contribution in [0.2, 0.25) is 0 Å². The van der Waals surface area contributed by atoms with Crippen molar-refractivity contribution in [2.24, 2.45) is 0 Å². The number of hydrogen-bond acceptors (Lipinski definition) is 3. The van der Waals surface area contributed by atoms with Gasteiger partial charge in [0.2, 0.25) is 0 Å². The van der Waals surface area contributed by atoms with Gasteiger partial charge in [0.15, 0.2) is 0 Å². The van der Waals surface area contributed by atoms with Crippen LogP contribution in [0.4, 0.5) is 5.69 Å². The lowest BCUT2D eigenvalue weighted by atomic mass is 9.98. The van der Waals surface area contributed by atoms with Gasteiger partial charge in [-0.3, -0.25) is 14.9 Å². The van der Waals surface area contributed by atoms with Crippen LogP contribution in [0.1, 0.15) is 30.9 Å². The van der Waals surface area contributed by atoms with Gasteiger partial charge >= 0.3 is 0 Å². The highest BCUT2D eigenvalue weighted by atomic mass is 16.6. The predicted molar refractivity (Wildman–Crippen MR) is 65.8 cm³/mol. The molecule has 1 N–H and O–H groups in total. The number of nitrogens with one attached hydrogen (secondary N) is 1. The van der Waals surface area contributed by atoms with E-state index < -0.39 is 17.4 Å². The Bertz CT molecular complexity index is 441. The molecule has 0 radical (unpaired) electrons. The largest absolute Gasteiger partial charge is 0.320 e. The molecular weight excluding hydrogens is 220 g/mol. The number of carbonyl (C=O) groups is 1. The molecule has 0 saturated heterocycles. The van der Waals surface area contributed by atoms with Crippen molar-refractivity contribution >= 4 is 11.6 Å². The molecule has 17 heavy (non-hydrogen) atoms. The Morgan fingerprint density at radius 3 is 2.65 bits per heavy atom. The first kappa shape index (κ1) is 13.2. The van der Waals surface area contributed by atoms with Gasteiger partial charge in [-0.15, -0.1) is 0 Å². The number of hydrogen-bond donors (Lipinski definition) is 1. The zero-order valence-corrected chi connectivity index (χ0v) is 10.2. The van der Waals surface area contributed by atoms with Crippen molar-refractivity contribution in [2.75, 3.05) is 11.9 Å². The fourth-order valence-electron chi connectivity index (χ4n) is 1.64. The van der Waals surface area contributed by atoms with Gasteiger partial charge in [0.1, 0.15) is 0 Å². The Kier molecular flexibility index (Phi) is 4.20. The van der Waals surface area contributed by atoms with Gasteiger partial charge in [-0.1, -0.05) is 32.0 Å². The summed E-state index contributed by atoms with van der Waals surface area (Å²) in [6.07, 6.45) is 0. The summed E-state index contributed by atoms with van der Waals surface area (Å²) in [6.45, 7) is 5.19. The van der Waals surface area contributed by atoms with Crippen molar-refractivity contribution in [1.82, 2.24) is 0 Å². The van der Waals surface area contributed by atoms with Gasteiger partial charge in [0, 0.05) is 10.6 Å². The van der Waals surface area contributed by atoms with E-state index in [-0.39, 0.29) is 5.92 Å². The first-order chi connectivity index (χ1) is 7.91. The molecule has 0 fully saturated rings. The van der Waals surface area contributed by atoms with Crippen molar-refractivity contribution in [1.29, 1.82) is 0 Å². The molecule has 0 saturated carbocycles. The summed E-state index contributed by atoms with van der Waals surface area (Å²) in [5.74, 6) is -0.341. The standard InChI is InChI=1S/C12H16N2O3/c1-8(2)10-6-4-5-9(3)12(10)13-11(15)7-14(16)17/h4-6,8H,7H2,1-3H3,(H,13,15). The fraction of sp³-hybridized carbons (Fsp3) is 0.417. The van der Waals surface area contributed by atoms with E-state index in [1.54, 1.807) is 0 Å². The second-order valence-electron chi connectivity index (χ2n) is 4.23. The Morgan fingerprint density at radius 1 is 1.47 bits per heavy atom. The first-order valence-corrected chi connectivity index (χ1v) is 5.43. The molecule has 0 aliphatic heterocycles. The summed E-state index contributed by atoms with van der Waals surface area (Å²) in [5.41, 5.74) is 2.59. The fourth-order valence-corrected chi connectivity index (χ4v) is 1.64. The number of para-hydroxylation sites is 1. The predicted octanol–water partition coefficient (Wildman–Crippen LogP) is 2.33. The van der Waals surface area contributed by atoms with Crippen LogP contribution in [-0.4, -0.2) is 17.4 Å². The highest BCUT2D eigenvalue weighted by Gasteiger charge is 2.14. The third kappa shape index (κ3) is 3.55. The van der Waals surface area contributed by atoms with E-state index in [2.05, 4.69) is 5.32 Å². The number of rotatable bonds is 4. The molecule has 0 aromatic heterocycles. The zero-order valence-electron chi connectivity index (χ0n) is 10.2. The zero-order chi connectivity index (χ0) is 13.0. The number of carbonyl (C=O) groups excluding carboxylic acids is 1.